The van der Waals surface area contributed by atoms with Gasteiger partial charge in [0.15, 0.2) is 6.23 Å². The summed E-state index contributed by atoms with van der Waals surface area (Å²) < 4.78 is 5.71. The van der Waals surface area contributed by atoms with Gasteiger partial charge in [-0.15, -0.1) is 0 Å². The minimum Gasteiger partial charge on any atom is -0.430 e. The first-order chi connectivity index (χ1) is 17.9. The van der Waals surface area contributed by atoms with E-state index in [4.69, 9.17) is 16.3 Å². The van der Waals surface area contributed by atoms with Gasteiger partial charge in [-0.2, -0.15) is 0 Å². The minimum absolute atomic E-state index is 0.158. The van der Waals surface area contributed by atoms with Crippen molar-refractivity contribution in [1.82, 2.24) is 4.90 Å². The first kappa shape index (κ1) is 26.7. The number of likely N-dealkylation sites (tertiary alicyclic amines) is 1. The monoisotopic (exact) mass is 521 g/mol. The maximum absolute atomic E-state index is 12.8. The van der Waals surface area contributed by atoms with Gasteiger partial charge in [0, 0.05) is 29.2 Å². The second-order valence-electron chi connectivity index (χ2n) is 9.22. The number of nitrogens with zero attached hydrogens (tertiary/aromatic N) is 1. The van der Waals surface area contributed by atoms with Crippen molar-refractivity contribution >= 4 is 35.0 Å². The van der Waals surface area contributed by atoms with Crippen molar-refractivity contribution < 1.29 is 19.4 Å². The van der Waals surface area contributed by atoms with Crippen LogP contribution in [-0.4, -0.2) is 41.8 Å². The molecule has 1 saturated heterocycles. The summed E-state index contributed by atoms with van der Waals surface area (Å²) in [6.07, 6.45) is 2.96. The van der Waals surface area contributed by atoms with Gasteiger partial charge in [-0.3, -0.25) is 15.0 Å². The molecule has 7 nitrogen and oxygen atoms in total. The van der Waals surface area contributed by atoms with Crippen LogP contribution in [0, 0.1) is 0 Å². The van der Waals surface area contributed by atoms with Crippen LogP contribution >= 0.6 is 11.6 Å². The molecule has 3 N–H and O–H groups in total. The van der Waals surface area contributed by atoms with Crippen LogP contribution in [0.25, 0.3) is 11.1 Å². The molecule has 8 heteroatoms. The van der Waals surface area contributed by atoms with Crippen LogP contribution in [0.1, 0.15) is 36.8 Å². The predicted octanol–water partition coefficient (Wildman–Crippen LogP) is 6.06. The van der Waals surface area contributed by atoms with Crippen molar-refractivity contribution in [2.45, 2.75) is 44.9 Å². The van der Waals surface area contributed by atoms with Gasteiger partial charge >= 0.3 is 6.09 Å². The lowest BCUT2D eigenvalue weighted by Crippen LogP contribution is -2.40. The average molecular weight is 522 g/mol. The molecule has 1 fully saturated rings. The highest BCUT2D eigenvalue weighted by Gasteiger charge is 2.23. The molecule has 0 aliphatic carbocycles. The Morgan fingerprint density at radius 3 is 2.59 bits per heavy atom. The molecule has 0 aromatic heterocycles. The Kier molecular flexibility index (Phi) is 9.17. The quantitative estimate of drug-likeness (QED) is 0.335. The van der Waals surface area contributed by atoms with E-state index in [2.05, 4.69) is 15.5 Å². The van der Waals surface area contributed by atoms with Gasteiger partial charge in [0.2, 0.25) is 5.91 Å². The first-order valence-electron chi connectivity index (χ1n) is 12.5. The standard InChI is InChI=1S/C29H32ClN3O4/c1-33-16-6-5-9-28(33)37-29(36)32-26-17-20(10-14-24(26)21-7-3-2-4-8-21)11-15-27(35)31-23-13-12-22(19-34)25(30)18-23/h2-4,7-8,10,12-14,17-18,28,34H,5-6,9,11,15-16,19H2,1H3,(H,31,35)(H,32,36). The van der Waals surface area contributed by atoms with Crippen LogP contribution in [0.4, 0.5) is 16.2 Å². The highest BCUT2D eigenvalue weighted by molar-refractivity contribution is 6.31. The number of amides is 2. The van der Waals surface area contributed by atoms with E-state index in [9.17, 15) is 14.7 Å². The molecule has 4 rings (SSSR count). The number of carbonyl (C=O) groups excluding carboxylic acids is 2. The number of aliphatic hydroxyl groups excluding tert-OH is 1. The Morgan fingerprint density at radius 2 is 1.86 bits per heavy atom. The second-order valence-corrected chi connectivity index (χ2v) is 9.63. The van der Waals surface area contributed by atoms with Crippen molar-refractivity contribution in [2.75, 3.05) is 24.2 Å². The molecule has 1 atom stereocenters. The van der Waals surface area contributed by atoms with Crippen LogP contribution in [-0.2, 0) is 22.6 Å². The minimum atomic E-state index is -0.492. The van der Waals surface area contributed by atoms with E-state index >= 15 is 0 Å². The van der Waals surface area contributed by atoms with Gasteiger partial charge in [-0.25, -0.2) is 4.79 Å². The number of hydrogen-bond donors (Lipinski definition) is 3. The van der Waals surface area contributed by atoms with Crippen molar-refractivity contribution in [2.24, 2.45) is 0 Å². The number of benzene rings is 3. The largest absolute Gasteiger partial charge is 0.430 e. The molecule has 1 aliphatic heterocycles. The average Bonchev–Trinajstić information content (AvgIpc) is 2.89. The Balaban J connectivity index is 1.45. The van der Waals surface area contributed by atoms with Gasteiger partial charge in [-0.1, -0.05) is 60.1 Å². The Bertz CT molecular complexity index is 1240. The summed E-state index contributed by atoms with van der Waals surface area (Å²) in [5, 5.41) is 15.4. The van der Waals surface area contributed by atoms with Gasteiger partial charge in [0.25, 0.3) is 0 Å². The number of carbonyl (C=O) groups is 2. The van der Waals surface area contributed by atoms with Crippen LogP contribution < -0.4 is 10.6 Å². The molecule has 1 aliphatic rings. The van der Waals surface area contributed by atoms with Crippen molar-refractivity contribution in [3.63, 3.8) is 0 Å². The number of aryl methyl sites for hydroxylation is 1. The number of rotatable bonds is 8. The summed E-state index contributed by atoms with van der Waals surface area (Å²) in [5.41, 5.74) is 4.57. The SMILES string of the molecule is CN1CCCCC1OC(=O)Nc1cc(CCC(=O)Nc2ccc(CO)c(Cl)c2)ccc1-c1ccccc1. The Morgan fingerprint density at radius 1 is 1.05 bits per heavy atom. The number of anilines is 2. The zero-order chi connectivity index (χ0) is 26.2. The number of piperidine rings is 1. The molecule has 0 saturated carbocycles. The normalized spacial score (nSPS) is 15.7. The summed E-state index contributed by atoms with van der Waals surface area (Å²) in [5.74, 6) is -0.158. The fraction of sp³-hybridized carbons (Fsp3) is 0.310. The first-order valence-corrected chi connectivity index (χ1v) is 12.9. The van der Waals surface area contributed by atoms with Crippen molar-refractivity contribution in [3.8, 4) is 11.1 Å². The lowest BCUT2D eigenvalue weighted by atomic mass is 9.99. The molecule has 37 heavy (non-hydrogen) atoms. The third-order valence-electron chi connectivity index (χ3n) is 6.50. The predicted molar refractivity (Wildman–Crippen MR) is 147 cm³/mol. The van der Waals surface area contributed by atoms with E-state index in [0.29, 0.717) is 28.4 Å². The third kappa shape index (κ3) is 7.32. The number of ether oxygens (including phenoxy) is 1. The summed E-state index contributed by atoms with van der Waals surface area (Å²) >= 11 is 6.12. The van der Waals surface area contributed by atoms with E-state index < -0.39 is 6.09 Å². The molecule has 3 aromatic rings. The molecule has 3 aromatic carbocycles. The number of halogens is 1. The highest BCUT2D eigenvalue weighted by Crippen LogP contribution is 2.30. The van der Waals surface area contributed by atoms with Crippen LogP contribution in [0.3, 0.4) is 0 Å². The summed E-state index contributed by atoms with van der Waals surface area (Å²) in [6, 6.07) is 20.7. The molecule has 1 heterocycles. The molecule has 0 spiro atoms. The summed E-state index contributed by atoms with van der Waals surface area (Å²) in [6.45, 7) is 0.746. The van der Waals surface area contributed by atoms with E-state index in [-0.39, 0.29) is 25.2 Å². The molecule has 0 bridgehead atoms. The zero-order valence-electron chi connectivity index (χ0n) is 20.9. The van der Waals surface area contributed by atoms with Crippen molar-refractivity contribution in [1.29, 1.82) is 0 Å². The zero-order valence-corrected chi connectivity index (χ0v) is 21.6. The molecule has 1 unspecified atom stereocenters. The van der Waals surface area contributed by atoms with Gasteiger partial charge in [0.05, 0.1) is 12.3 Å². The van der Waals surface area contributed by atoms with E-state index in [1.54, 1.807) is 18.2 Å². The molecule has 0 radical (unpaired) electrons. The Labute approximate surface area is 222 Å². The fourth-order valence-electron chi connectivity index (χ4n) is 4.41. The third-order valence-corrected chi connectivity index (χ3v) is 6.85. The van der Waals surface area contributed by atoms with Crippen LogP contribution in [0.5, 0.6) is 0 Å². The summed E-state index contributed by atoms with van der Waals surface area (Å²) in [4.78, 5) is 27.4. The maximum Gasteiger partial charge on any atom is 0.413 e. The van der Waals surface area contributed by atoms with E-state index in [1.165, 1.54) is 0 Å². The second kappa shape index (κ2) is 12.7. The number of aliphatic hydroxyl groups is 1. The summed E-state index contributed by atoms with van der Waals surface area (Å²) in [7, 11) is 1.97. The van der Waals surface area contributed by atoms with Gasteiger partial charge in [-0.05, 0) is 67.6 Å². The van der Waals surface area contributed by atoms with Crippen LogP contribution in [0.15, 0.2) is 66.7 Å². The van der Waals surface area contributed by atoms with E-state index in [1.807, 2.05) is 55.6 Å². The molecular formula is C29H32ClN3O4. The lowest BCUT2D eigenvalue weighted by Gasteiger charge is -2.31. The number of hydrogen-bond acceptors (Lipinski definition) is 5. The van der Waals surface area contributed by atoms with Crippen LogP contribution in [0.2, 0.25) is 5.02 Å². The van der Waals surface area contributed by atoms with Crippen molar-refractivity contribution in [3.05, 3.63) is 82.9 Å². The molecular weight excluding hydrogens is 490 g/mol. The highest BCUT2D eigenvalue weighted by atomic mass is 35.5. The topological polar surface area (TPSA) is 90.9 Å². The van der Waals surface area contributed by atoms with Gasteiger partial charge in [0.1, 0.15) is 0 Å². The molecule has 2 amide bonds. The Hall–Kier alpha value is -3.39. The smallest absolute Gasteiger partial charge is 0.413 e. The van der Waals surface area contributed by atoms with Gasteiger partial charge < -0.3 is 15.2 Å². The lowest BCUT2D eigenvalue weighted by molar-refractivity contribution is -0.116. The fourth-order valence-corrected chi connectivity index (χ4v) is 4.65. The van der Waals surface area contributed by atoms with E-state index in [0.717, 1.165) is 42.5 Å². The number of nitrogens with one attached hydrogen (secondary N) is 2. The maximum atomic E-state index is 12.8. The molecule has 194 valence electrons.